The largest absolute Gasteiger partial charge is 0.465 e. The highest BCUT2D eigenvalue weighted by atomic mass is 16.5. The van der Waals surface area contributed by atoms with Crippen molar-refractivity contribution < 1.29 is 14.3 Å². The van der Waals surface area contributed by atoms with E-state index < -0.39 is 0 Å². The minimum atomic E-state index is -0.380. The number of hydrogen-bond donors (Lipinski definition) is 0. The molecule has 0 radical (unpaired) electrons. The third-order valence-electron chi connectivity index (χ3n) is 3.27. The van der Waals surface area contributed by atoms with Gasteiger partial charge in [0, 0.05) is 19.6 Å². The van der Waals surface area contributed by atoms with E-state index in [2.05, 4.69) is 11.5 Å². The number of esters is 1. The lowest BCUT2D eigenvalue weighted by atomic mass is 10.0. The van der Waals surface area contributed by atoms with Gasteiger partial charge in [0.15, 0.2) is 0 Å². The topological polar surface area (TPSA) is 38.8 Å². The summed E-state index contributed by atoms with van der Waals surface area (Å²) in [6, 6.07) is 7.82. The molecule has 0 amide bonds. The summed E-state index contributed by atoms with van der Waals surface area (Å²) in [5, 5.41) is 0. The highest BCUT2D eigenvalue weighted by Crippen LogP contribution is 2.20. The van der Waals surface area contributed by atoms with Crippen LogP contribution in [0, 0.1) is 0 Å². The van der Waals surface area contributed by atoms with Crippen LogP contribution in [-0.4, -0.2) is 44.3 Å². The standard InChI is InChI=1S/C15H19NO3/c1-12(15(17)18-2)14-6-4-3-5-13(14)11-16-7-9-19-10-8-16/h3-6H,1,7-11H2,2H3. The molecule has 0 aliphatic carbocycles. The van der Waals surface area contributed by atoms with Gasteiger partial charge in [0.1, 0.15) is 0 Å². The van der Waals surface area contributed by atoms with E-state index in [4.69, 9.17) is 9.47 Å². The molecule has 2 rings (SSSR count). The van der Waals surface area contributed by atoms with Crippen LogP contribution in [0.3, 0.4) is 0 Å². The monoisotopic (exact) mass is 261 g/mol. The molecule has 4 nitrogen and oxygen atoms in total. The summed E-state index contributed by atoms with van der Waals surface area (Å²) in [5.74, 6) is -0.380. The Morgan fingerprint density at radius 2 is 2.05 bits per heavy atom. The third kappa shape index (κ3) is 3.43. The van der Waals surface area contributed by atoms with Gasteiger partial charge >= 0.3 is 5.97 Å². The molecule has 0 N–H and O–H groups in total. The van der Waals surface area contributed by atoms with Crippen LogP contribution in [0.15, 0.2) is 30.8 Å². The summed E-state index contributed by atoms with van der Waals surface area (Å²) < 4.78 is 10.1. The number of carbonyl (C=O) groups excluding carboxylic acids is 1. The van der Waals surface area contributed by atoms with Crippen LogP contribution in [0.1, 0.15) is 11.1 Å². The summed E-state index contributed by atoms with van der Waals surface area (Å²) in [7, 11) is 1.37. The molecule has 0 unspecified atom stereocenters. The minimum absolute atomic E-state index is 0.380. The lowest BCUT2D eigenvalue weighted by Gasteiger charge is -2.27. The van der Waals surface area contributed by atoms with Crippen molar-refractivity contribution in [1.82, 2.24) is 4.90 Å². The second-order valence-electron chi connectivity index (χ2n) is 4.52. The number of ether oxygens (including phenoxy) is 2. The fourth-order valence-corrected chi connectivity index (χ4v) is 2.19. The van der Waals surface area contributed by atoms with Crippen molar-refractivity contribution in [2.24, 2.45) is 0 Å². The van der Waals surface area contributed by atoms with Crippen molar-refractivity contribution in [3.8, 4) is 0 Å². The van der Waals surface area contributed by atoms with Crippen LogP contribution in [0.25, 0.3) is 5.57 Å². The molecule has 0 aromatic heterocycles. The molecule has 1 aromatic rings. The van der Waals surface area contributed by atoms with Gasteiger partial charge in [0.2, 0.25) is 0 Å². The Labute approximate surface area is 113 Å². The van der Waals surface area contributed by atoms with Gasteiger partial charge in [0.05, 0.1) is 25.9 Å². The first-order chi connectivity index (χ1) is 9.22. The van der Waals surface area contributed by atoms with E-state index in [1.165, 1.54) is 7.11 Å². The lowest BCUT2D eigenvalue weighted by molar-refractivity contribution is -0.133. The van der Waals surface area contributed by atoms with Crippen molar-refractivity contribution in [3.05, 3.63) is 42.0 Å². The molecule has 1 aromatic carbocycles. The Morgan fingerprint density at radius 1 is 1.37 bits per heavy atom. The zero-order valence-electron chi connectivity index (χ0n) is 11.2. The van der Waals surface area contributed by atoms with Crippen molar-refractivity contribution in [2.75, 3.05) is 33.4 Å². The summed E-state index contributed by atoms with van der Waals surface area (Å²) in [5.41, 5.74) is 2.37. The predicted molar refractivity (Wildman–Crippen MR) is 73.6 cm³/mol. The molecule has 0 bridgehead atoms. The predicted octanol–water partition coefficient (Wildman–Crippen LogP) is 1.71. The molecule has 0 atom stereocenters. The van der Waals surface area contributed by atoms with Crippen LogP contribution in [0.4, 0.5) is 0 Å². The van der Waals surface area contributed by atoms with Gasteiger partial charge in [-0.1, -0.05) is 30.8 Å². The zero-order valence-corrected chi connectivity index (χ0v) is 11.2. The summed E-state index contributed by atoms with van der Waals surface area (Å²) in [6.45, 7) is 7.99. The maximum absolute atomic E-state index is 11.6. The maximum atomic E-state index is 11.6. The number of nitrogens with zero attached hydrogens (tertiary/aromatic N) is 1. The summed E-state index contributed by atoms with van der Waals surface area (Å²) in [4.78, 5) is 13.9. The number of hydrogen-bond acceptors (Lipinski definition) is 4. The molecule has 102 valence electrons. The average Bonchev–Trinajstić information content (AvgIpc) is 2.47. The average molecular weight is 261 g/mol. The third-order valence-corrected chi connectivity index (χ3v) is 3.27. The van der Waals surface area contributed by atoms with Crippen LogP contribution in [0.5, 0.6) is 0 Å². The van der Waals surface area contributed by atoms with Crippen LogP contribution in [-0.2, 0) is 20.8 Å². The Bertz CT molecular complexity index is 464. The first-order valence-electron chi connectivity index (χ1n) is 6.38. The van der Waals surface area contributed by atoms with Gasteiger partial charge in [-0.15, -0.1) is 0 Å². The molecule has 1 fully saturated rings. The van der Waals surface area contributed by atoms with E-state index in [1.54, 1.807) is 0 Å². The SMILES string of the molecule is C=C(C(=O)OC)c1ccccc1CN1CCOCC1. The Hall–Kier alpha value is -1.65. The number of rotatable bonds is 4. The van der Waals surface area contributed by atoms with Gasteiger partial charge in [-0.3, -0.25) is 4.90 Å². The van der Waals surface area contributed by atoms with Gasteiger partial charge < -0.3 is 9.47 Å². The van der Waals surface area contributed by atoms with Crippen LogP contribution >= 0.6 is 0 Å². The molecule has 19 heavy (non-hydrogen) atoms. The quantitative estimate of drug-likeness (QED) is 0.611. The fourth-order valence-electron chi connectivity index (χ4n) is 2.19. The first-order valence-corrected chi connectivity index (χ1v) is 6.38. The molecule has 1 saturated heterocycles. The maximum Gasteiger partial charge on any atom is 0.337 e. The van der Waals surface area contributed by atoms with Crippen LogP contribution in [0.2, 0.25) is 0 Å². The normalized spacial score (nSPS) is 16.1. The van der Waals surface area contributed by atoms with Gasteiger partial charge in [-0.05, 0) is 11.1 Å². The Kier molecular flexibility index (Phi) is 4.71. The van der Waals surface area contributed by atoms with Crippen molar-refractivity contribution in [3.63, 3.8) is 0 Å². The second-order valence-corrected chi connectivity index (χ2v) is 4.52. The molecule has 4 heteroatoms. The van der Waals surface area contributed by atoms with Gasteiger partial charge in [-0.2, -0.15) is 0 Å². The second kappa shape index (κ2) is 6.50. The van der Waals surface area contributed by atoms with Crippen molar-refractivity contribution in [2.45, 2.75) is 6.54 Å². The lowest BCUT2D eigenvalue weighted by Crippen LogP contribution is -2.35. The highest BCUT2D eigenvalue weighted by molar-refractivity contribution is 6.15. The smallest absolute Gasteiger partial charge is 0.337 e. The van der Waals surface area contributed by atoms with Crippen molar-refractivity contribution >= 4 is 11.5 Å². The molecule has 1 aliphatic heterocycles. The molecular weight excluding hydrogens is 242 g/mol. The van der Waals surface area contributed by atoms with Crippen LogP contribution < -0.4 is 0 Å². The Morgan fingerprint density at radius 3 is 2.74 bits per heavy atom. The van der Waals surface area contributed by atoms with E-state index in [9.17, 15) is 4.79 Å². The first kappa shape index (κ1) is 13.8. The Balaban J connectivity index is 2.15. The van der Waals surface area contributed by atoms with E-state index in [0.717, 1.165) is 44.0 Å². The number of carbonyl (C=O) groups is 1. The molecular formula is C15H19NO3. The van der Waals surface area contributed by atoms with Crippen molar-refractivity contribution in [1.29, 1.82) is 0 Å². The number of benzene rings is 1. The zero-order chi connectivity index (χ0) is 13.7. The minimum Gasteiger partial charge on any atom is -0.465 e. The summed E-state index contributed by atoms with van der Waals surface area (Å²) in [6.07, 6.45) is 0. The highest BCUT2D eigenvalue weighted by Gasteiger charge is 2.16. The number of methoxy groups -OCH3 is 1. The number of morpholine rings is 1. The van der Waals surface area contributed by atoms with E-state index in [0.29, 0.717) is 5.57 Å². The molecule has 0 saturated carbocycles. The molecule has 0 spiro atoms. The molecule has 1 aliphatic rings. The van der Waals surface area contributed by atoms with Gasteiger partial charge in [-0.25, -0.2) is 4.79 Å². The fraction of sp³-hybridized carbons (Fsp3) is 0.400. The van der Waals surface area contributed by atoms with Gasteiger partial charge in [0.25, 0.3) is 0 Å². The molecule has 1 heterocycles. The summed E-state index contributed by atoms with van der Waals surface area (Å²) >= 11 is 0. The van der Waals surface area contributed by atoms with E-state index in [1.807, 2.05) is 24.3 Å². The van der Waals surface area contributed by atoms with E-state index >= 15 is 0 Å². The van der Waals surface area contributed by atoms with E-state index in [-0.39, 0.29) is 5.97 Å².